The van der Waals surface area contributed by atoms with E-state index < -0.39 is 18.6 Å². The number of carbonyl (C=O) groups is 1. The maximum atomic E-state index is 12.0. The van der Waals surface area contributed by atoms with Gasteiger partial charge in [-0.25, -0.2) is 4.79 Å². The fourth-order valence-electron chi connectivity index (χ4n) is 1.70. The van der Waals surface area contributed by atoms with E-state index in [1.807, 2.05) is 0 Å². The average Bonchev–Trinajstić information content (AvgIpc) is 2.36. The molecule has 0 spiro atoms. The largest absolute Gasteiger partial charge is 0.465 e. The van der Waals surface area contributed by atoms with E-state index in [1.54, 1.807) is 13.0 Å². The van der Waals surface area contributed by atoms with Crippen LogP contribution in [0.4, 0.5) is 24.5 Å². The van der Waals surface area contributed by atoms with E-state index in [1.165, 1.54) is 13.2 Å². The van der Waals surface area contributed by atoms with E-state index in [0.717, 1.165) is 0 Å². The van der Waals surface area contributed by atoms with Crippen LogP contribution >= 0.6 is 0 Å². The number of aryl methyl sites for hydroxylation is 1. The molecular formula is C13H17F3N2O2. The Morgan fingerprint density at radius 1 is 1.40 bits per heavy atom. The number of nitrogen functional groups attached to an aromatic ring is 1. The number of carbonyl (C=O) groups excluding carboxylic acids is 1. The second-order valence-electron chi connectivity index (χ2n) is 4.39. The maximum absolute atomic E-state index is 12.0. The Bertz CT molecular complexity index is 487. The number of nitrogens with two attached hydrogens (primary N) is 1. The molecule has 0 saturated heterocycles. The van der Waals surface area contributed by atoms with Gasteiger partial charge in [0, 0.05) is 24.3 Å². The van der Waals surface area contributed by atoms with E-state index in [9.17, 15) is 18.0 Å². The number of benzene rings is 1. The van der Waals surface area contributed by atoms with Crippen LogP contribution < -0.4 is 11.1 Å². The zero-order valence-corrected chi connectivity index (χ0v) is 11.3. The van der Waals surface area contributed by atoms with Crippen molar-refractivity contribution >= 4 is 17.3 Å². The minimum Gasteiger partial charge on any atom is -0.465 e. The molecule has 1 rings (SSSR count). The van der Waals surface area contributed by atoms with Gasteiger partial charge < -0.3 is 15.8 Å². The van der Waals surface area contributed by atoms with Crippen molar-refractivity contribution < 1.29 is 22.7 Å². The summed E-state index contributed by atoms with van der Waals surface area (Å²) in [7, 11) is 1.24. The molecule has 112 valence electrons. The molecule has 1 aromatic rings. The second kappa shape index (κ2) is 6.49. The Balaban J connectivity index is 2.72. The van der Waals surface area contributed by atoms with Gasteiger partial charge in [-0.15, -0.1) is 0 Å². The molecule has 0 fully saturated rings. The molecule has 0 unspecified atom stereocenters. The Morgan fingerprint density at radius 3 is 2.60 bits per heavy atom. The summed E-state index contributed by atoms with van der Waals surface area (Å²) >= 11 is 0. The number of methoxy groups -OCH3 is 1. The number of hydrogen-bond donors (Lipinski definition) is 2. The van der Waals surface area contributed by atoms with Crippen molar-refractivity contribution in [1.82, 2.24) is 0 Å². The zero-order chi connectivity index (χ0) is 15.3. The van der Waals surface area contributed by atoms with Gasteiger partial charge in [0.25, 0.3) is 0 Å². The minimum absolute atomic E-state index is 0.0412. The normalized spacial score (nSPS) is 11.2. The van der Waals surface area contributed by atoms with Gasteiger partial charge >= 0.3 is 12.1 Å². The fourth-order valence-corrected chi connectivity index (χ4v) is 1.70. The van der Waals surface area contributed by atoms with Gasteiger partial charge in [-0.05, 0) is 31.0 Å². The van der Waals surface area contributed by atoms with Crippen LogP contribution in [0.3, 0.4) is 0 Å². The molecule has 7 heteroatoms. The Morgan fingerprint density at radius 2 is 2.05 bits per heavy atom. The lowest BCUT2D eigenvalue weighted by Gasteiger charge is -2.12. The van der Waals surface area contributed by atoms with Gasteiger partial charge in [0.15, 0.2) is 0 Å². The third-order valence-electron chi connectivity index (χ3n) is 2.76. The minimum atomic E-state index is -4.16. The third-order valence-corrected chi connectivity index (χ3v) is 2.76. The lowest BCUT2D eigenvalue weighted by Crippen LogP contribution is -2.12. The number of hydrogen-bond acceptors (Lipinski definition) is 4. The highest BCUT2D eigenvalue weighted by Gasteiger charge is 2.25. The first-order chi connectivity index (χ1) is 9.24. The van der Waals surface area contributed by atoms with Crippen LogP contribution in [0.2, 0.25) is 0 Å². The summed E-state index contributed by atoms with van der Waals surface area (Å²) in [6.45, 7) is 1.87. The topological polar surface area (TPSA) is 64.3 Å². The Hall–Kier alpha value is -1.92. The lowest BCUT2D eigenvalue weighted by molar-refractivity contribution is -0.134. The summed E-state index contributed by atoms with van der Waals surface area (Å²) in [5, 5.41) is 2.84. The number of alkyl halides is 3. The van der Waals surface area contributed by atoms with Crippen molar-refractivity contribution in [3.05, 3.63) is 23.3 Å². The molecule has 0 bridgehead atoms. The van der Waals surface area contributed by atoms with Crippen LogP contribution in [0.5, 0.6) is 0 Å². The molecule has 0 radical (unpaired) electrons. The predicted octanol–water partition coefficient (Wildman–Crippen LogP) is 3.12. The van der Waals surface area contributed by atoms with E-state index in [2.05, 4.69) is 10.1 Å². The van der Waals surface area contributed by atoms with E-state index >= 15 is 0 Å². The van der Waals surface area contributed by atoms with Crippen molar-refractivity contribution in [2.45, 2.75) is 25.9 Å². The SMILES string of the molecule is COC(=O)c1cc(NCCCC(F)(F)F)cc(C)c1N. The number of halogens is 3. The van der Waals surface area contributed by atoms with Gasteiger partial charge in [-0.3, -0.25) is 0 Å². The molecule has 0 saturated carbocycles. The van der Waals surface area contributed by atoms with Crippen molar-refractivity contribution in [2.75, 3.05) is 24.7 Å². The van der Waals surface area contributed by atoms with Crippen LogP contribution in [-0.2, 0) is 4.74 Å². The van der Waals surface area contributed by atoms with Gasteiger partial charge in [-0.2, -0.15) is 13.2 Å². The molecule has 1 aromatic carbocycles. The molecule has 3 N–H and O–H groups in total. The second-order valence-corrected chi connectivity index (χ2v) is 4.39. The van der Waals surface area contributed by atoms with Crippen molar-refractivity contribution in [3.8, 4) is 0 Å². The summed E-state index contributed by atoms with van der Waals surface area (Å²) in [4.78, 5) is 11.5. The van der Waals surface area contributed by atoms with Crippen LogP contribution in [0, 0.1) is 6.92 Å². The smallest absolute Gasteiger partial charge is 0.389 e. The number of ether oxygens (including phenoxy) is 1. The quantitative estimate of drug-likeness (QED) is 0.497. The Kier molecular flexibility index (Phi) is 5.24. The first-order valence-corrected chi connectivity index (χ1v) is 6.03. The molecule has 0 amide bonds. The highest BCUT2D eigenvalue weighted by Crippen LogP contribution is 2.24. The molecule has 0 atom stereocenters. The summed E-state index contributed by atoms with van der Waals surface area (Å²) in [5.41, 5.74) is 7.47. The van der Waals surface area contributed by atoms with E-state index in [4.69, 9.17) is 5.73 Å². The standard InChI is InChI=1S/C13H17F3N2O2/c1-8-6-9(18-5-3-4-13(14,15)16)7-10(11(8)17)12(19)20-2/h6-7,18H,3-5,17H2,1-2H3. The molecular weight excluding hydrogens is 273 g/mol. The van der Waals surface area contributed by atoms with Crippen molar-refractivity contribution in [3.63, 3.8) is 0 Å². The van der Waals surface area contributed by atoms with Gasteiger partial charge in [0.1, 0.15) is 0 Å². The summed E-state index contributed by atoms with van der Waals surface area (Å²) < 4.78 is 40.6. The van der Waals surface area contributed by atoms with Gasteiger partial charge in [-0.1, -0.05) is 0 Å². The summed E-state index contributed by atoms with van der Waals surface area (Å²) in [5.74, 6) is -0.579. The molecule has 0 aliphatic rings. The van der Waals surface area contributed by atoms with Crippen molar-refractivity contribution in [2.24, 2.45) is 0 Å². The van der Waals surface area contributed by atoms with Crippen LogP contribution in [0.15, 0.2) is 12.1 Å². The zero-order valence-electron chi connectivity index (χ0n) is 11.3. The number of nitrogens with one attached hydrogen (secondary N) is 1. The van der Waals surface area contributed by atoms with Crippen molar-refractivity contribution in [1.29, 1.82) is 0 Å². The highest BCUT2D eigenvalue weighted by atomic mass is 19.4. The monoisotopic (exact) mass is 290 g/mol. The molecule has 0 aromatic heterocycles. The predicted molar refractivity (Wildman–Crippen MR) is 70.7 cm³/mol. The molecule has 0 heterocycles. The third kappa shape index (κ3) is 4.64. The average molecular weight is 290 g/mol. The van der Waals surface area contributed by atoms with Crippen LogP contribution in [0.1, 0.15) is 28.8 Å². The molecule has 20 heavy (non-hydrogen) atoms. The molecule has 0 aliphatic heterocycles. The van der Waals surface area contributed by atoms with Crippen LogP contribution in [0.25, 0.3) is 0 Å². The highest BCUT2D eigenvalue weighted by molar-refractivity contribution is 5.97. The molecule has 4 nitrogen and oxygen atoms in total. The first-order valence-electron chi connectivity index (χ1n) is 6.03. The Labute approximate surface area is 115 Å². The fraction of sp³-hybridized carbons (Fsp3) is 0.462. The van der Waals surface area contributed by atoms with E-state index in [-0.39, 0.29) is 18.5 Å². The summed E-state index contributed by atoms with van der Waals surface area (Å²) in [6, 6.07) is 3.15. The van der Waals surface area contributed by atoms with Crippen LogP contribution in [-0.4, -0.2) is 25.8 Å². The number of esters is 1. The molecule has 0 aliphatic carbocycles. The number of anilines is 2. The lowest BCUT2D eigenvalue weighted by atomic mass is 10.1. The summed E-state index contributed by atoms with van der Waals surface area (Å²) in [6.07, 6.45) is -5.05. The van der Waals surface area contributed by atoms with Gasteiger partial charge in [0.05, 0.1) is 12.7 Å². The van der Waals surface area contributed by atoms with Gasteiger partial charge in [0.2, 0.25) is 0 Å². The first kappa shape index (κ1) is 16.1. The number of rotatable bonds is 5. The maximum Gasteiger partial charge on any atom is 0.389 e. The van der Waals surface area contributed by atoms with E-state index in [0.29, 0.717) is 16.9 Å².